The Morgan fingerprint density at radius 2 is 1.92 bits per heavy atom. The third-order valence-electron chi connectivity index (χ3n) is 2.44. The average molecular weight is 173 g/mol. The molecule has 3 nitrogen and oxygen atoms in total. The van der Waals surface area contributed by atoms with Gasteiger partial charge >= 0.3 is 0 Å². The van der Waals surface area contributed by atoms with Crippen LogP contribution in [-0.4, -0.2) is 28.6 Å². The van der Waals surface area contributed by atoms with E-state index in [1.807, 2.05) is 13.8 Å². The molecule has 1 heterocycles. The van der Waals surface area contributed by atoms with E-state index >= 15 is 0 Å². The fourth-order valence-electron chi connectivity index (χ4n) is 1.41. The summed E-state index contributed by atoms with van der Waals surface area (Å²) >= 11 is 0. The van der Waals surface area contributed by atoms with E-state index in [9.17, 15) is 5.21 Å². The Bertz CT molecular complexity index is 172. The second kappa shape index (κ2) is 2.69. The first kappa shape index (κ1) is 9.96. The monoisotopic (exact) mass is 173 g/mol. The van der Waals surface area contributed by atoms with E-state index in [1.54, 1.807) is 0 Å². The van der Waals surface area contributed by atoms with Gasteiger partial charge in [-0.2, -0.15) is 5.06 Å². The van der Waals surface area contributed by atoms with Crippen molar-refractivity contribution in [3.8, 4) is 0 Å². The van der Waals surface area contributed by atoms with Crippen LogP contribution in [0.3, 0.4) is 0 Å². The van der Waals surface area contributed by atoms with Crippen LogP contribution in [0.1, 0.15) is 34.6 Å². The summed E-state index contributed by atoms with van der Waals surface area (Å²) in [4.78, 5) is 0. The van der Waals surface area contributed by atoms with E-state index in [-0.39, 0.29) is 11.5 Å². The Kier molecular flexibility index (Phi) is 2.23. The summed E-state index contributed by atoms with van der Waals surface area (Å²) in [6, 6.07) is 0.0903. The molecule has 0 aromatic heterocycles. The molecule has 1 rings (SSSR count). The second-order valence-corrected chi connectivity index (χ2v) is 4.98. The molecule has 0 aliphatic carbocycles. The van der Waals surface area contributed by atoms with Crippen molar-refractivity contribution in [2.45, 2.75) is 46.4 Å². The topological polar surface area (TPSA) is 32.7 Å². The Morgan fingerprint density at radius 1 is 1.42 bits per heavy atom. The normalized spacial score (nSPS) is 31.0. The molecular weight excluding hydrogens is 154 g/mol. The van der Waals surface area contributed by atoms with Gasteiger partial charge < -0.3 is 9.94 Å². The zero-order valence-corrected chi connectivity index (χ0v) is 8.59. The van der Waals surface area contributed by atoms with Crippen molar-refractivity contribution >= 4 is 0 Å². The quantitative estimate of drug-likeness (QED) is 0.607. The number of hydroxylamine groups is 2. The Morgan fingerprint density at radius 3 is 2.08 bits per heavy atom. The Balaban J connectivity index is 2.74. The molecule has 1 N–H and O–H groups in total. The molecule has 1 aliphatic heterocycles. The molecule has 1 saturated heterocycles. The van der Waals surface area contributed by atoms with Crippen molar-refractivity contribution in [2.75, 3.05) is 6.61 Å². The van der Waals surface area contributed by atoms with E-state index < -0.39 is 5.72 Å². The number of rotatable bonds is 0. The van der Waals surface area contributed by atoms with Crippen molar-refractivity contribution in [1.29, 1.82) is 0 Å². The van der Waals surface area contributed by atoms with Crippen LogP contribution < -0.4 is 0 Å². The van der Waals surface area contributed by atoms with E-state index in [0.29, 0.717) is 6.61 Å². The summed E-state index contributed by atoms with van der Waals surface area (Å²) in [6.07, 6.45) is 0. The summed E-state index contributed by atoms with van der Waals surface area (Å²) in [5.74, 6) is 0. The fourth-order valence-corrected chi connectivity index (χ4v) is 1.41. The lowest BCUT2D eigenvalue weighted by molar-refractivity contribution is -0.228. The van der Waals surface area contributed by atoms with Crippen LogP contribution in [0.15, 0.2) is 0 Å². The predicted octanol–water partition coefficient (Wildman–Crippen LogP) is 1.86. The van der Waals surface area contributed by atoms with Crippen LogP contribution in [-0.2, 0) is 4.74 Å². The van der Waals surface area contributed by atoms with Gasteiger partial charge in [-0.3, -0.25) is 0 Å². The minimum atomic E-state index is -0.530. The zero-order valence-electron chi connectivity index (χ0n) is 8.59. The van der Waals surface area contributed by atoms with Crippen LogP contribution in [0.25, 0.3) is 0 Å². The highest BCUT2D eigenvalue weighted by atomic mass is 16.6. The molecule has 0 spiro atoms. The molecular formula is C9H19NO2. The van der Waals surface area contributed by atoms with Crippen LogP contribution in [0.2, 0.25) is 0 Å². The summed E-state index contributed by atoms with van der Waals surface area (Å²) in [6.45, 7) is 10.7. The maximum absolute atomic E-state index is 9.76. The first-order valence-electron chi connectivity index (χ1n) is 4.37. The smallest absolute Gasteiger partial charge is 0.138 e. The van der Waals surface area contributed by atoms with Gasteiger partial charge in [0.05, 0.1) is 12.6 Å². The van der Waals surface area contributed by atoms with Gasteiger partial charge in [0.2, 0.25) is 0 Å². The SMILES string of the molecule is CC(C)(C)C1COC(C)(C)N1O. The first-order chi connectivity index (χ1) is 5.25. The van der Waals surface area contributed by atoms with E-state index in [4.69, 9.17) is 4.74 Å². The summed E-state index contributed by atoms with van der Waals surface area (Å²) in [5, 5.41) is 11.1. The molecule has 3 heteroatoms. The third-order valence-corrected chi connectivity index (χ3v) is 2.44. The largest absolute Gasteiger partial charge is 0.357 e. The van der Waals surface area contributed by atoms with Gasteiger partial charge in [0, 0.05) is 0 Å². The maximum Gasteiger partial charge on any atom is 0.138 e. The summed E-state index contributed by atoms with van der Waals surface area (Å²) < 4.78 is 5.47. The zero-order chi connectivity index (χ0) is 9.57. The highest BCUT2D eigenvalue weighted by Gasteiger charge is 2.45. The van der Waals surface area contributed by atoms with Crippen LogP contribution in [0, 0.1) is 5.41 Å². The molecule has 0 amide bonds. The molecule has 0 radical (unpaired) electrons. The number of nitrogens with zero attached hydrogens (tertiary/aromatic N) is 1. The number of ether oxygens (including phenoxy) is 1. The Hall–Kier alpha value is -0.120. The van der Waals surface area contributed by atoms with E-state index in [1.165, 1.54) is 5.06 Å². The number of hydrogen-bond donors (Lipinski definition) is 1. The third kappa shape index (κ3) is 1.63. The van der Waals surface area contributed by atoms with Gasteiger partial charge in [0.1, 0.15) is 5.72 Å². The van der Waals surface area contributed by atoms with Crippen molar-refractivity contribution in [3.63, 3.8) is 0 Å². The first-order valence-corrected chi connectivity index (χ1v) is 4.37. The van der Waals surface area contributed by atoms with Crippen molar-refractivity contribution < 1.29 is 9.94 Å². The van der Waals surface area contributed by atoms with Gasteiger partial charge in [-0.1, -0.05) is 20.8 Å². The highest BCUT2D eigenvalue weighted by Crippen LogP contribution is 2.34. The molecule has 12 heavy (non-hydrogen) atoms. The molecule has 1 atom stereocenters. The molecule has 1 fully saturated rings. The van der Waals surface area contributed by atoms with E-state index in [2.05, 4.69) is 20.8 Å². The molecule has 0 saturated carbocycles. The lowest BCUT2D eigenvalue weighted by Crippen LogP contribution is -2.46. The summed E-state index contributed by atoms with van der Waals surface area (Å²) in [7, 11) is 0. The van der Waals surface area contributed by atoms with Crippen molar-refractivity contribution in [2.24, 2.45) is 5.41 Å². The van der Waals surface area contributed by atoms with Gasteiger partial charge in [0.15, 0.2) is 0 Å². The van der Waals surface area contributed by atoms with Gasteiger partial charge in [-0.15, -0.1) is 0 Å². The maximum atomic E-state index is 9.76. The van der Waals surface area contributed by atoms with E-state index in [0.717, 1.165) is 0 Å². The van der Waals surface area contributed by atoms with Crippen LogP contribution in [0.5, 0.6) is 0 Å². The molecule has 0 aromatic rings. The predicted molar refractivity (Wildman–Crippen MR) is 46.9 cm³/mol. The van der Waals surface area contributed by atoms with Crippen LogP contribution >= 0.6 is 0 Å². The molecule has 72 valence electrons. The van der Waals surface area contributed by atoms with Crippen molar-refractivity contribution in [3.05, 3.63) is 0 Å². The molecule has 0 bridgehead atoms. The van der Waals surface area contributed by atoms with Gasteiger partial charge in [-0.25, -0.2) is 0 Å². The average Bonchev–Trinajstić information content (AvgIpc) is 2.06. The Labute approximate surface area is 74.3 Å². The van der Waals surface area contributed by atoms with Crippen molar-refractivity contribution in [1.82, 2.24) is 5.06 Å². The van der Waals surface area contributed by atoms with Gasteiger partial charge in [0.25, 0.3) is 0 Å². The minimum absolute atomic E-state index is 0.0581. The number of hydrogen-bond acceptors (Lipinski definition) is 3. The minimum Gasteiger partial charge on any atom is -0.357 e. The fraction of sp³-hybridized carbons (Fsp3) is 1.00. The highest BCUT2D eigenvalue weighted by molar-refractivity contribution is 4.88. The summed E-state index contributed by atoms with van der Waals surface area (Å²) in [5.41, 5.74) is -0.472. The lowest BCUT2D eigenvalue weighted by atomic mass is 9.87. The van der Waals surface area contributed by atoms with Gasteiger partial charge in [-0.05, 0) is 19.3 Å². The standard InChI is InChI=1S/C9H19NO2/c1-8(2,3)7-6-12-9(4,5)10(7)11/h7,11H,6H2,1-5H3. The lowest BCUT2D eigenvalue weighted by Gasteiger charge is -2.33. The molecule has 1 unspecified atom stereocenters. The molecule has 0 aromatic carbocycles. The van der Waals surface area contributed by atoms with Crippen LogP contribution in [0.4, 0.5) is 0 Å². The second-order valence-electron chi connectivity index (χ2n) is 4.98. The molecule has 1 aliphatic rings.